The number of carbonyl (C=O) groups is 1. The lowest BCUT2D eigenvalue weighted by atomic mass is 9.92. The van der Waals surface area contributed by atoms with E-state index in [1.54, 1.807) is 4.90 Å². The van der Waals surface area contributed by atoms with Gasteiger partial charge in [-0.3, -0.25) is 4.79 Å². The van der Waals surface area contributed by atoms with E-state index >= 15 is 0 Å². The minimum Gasteiger partial charge on any atom is -0.405 e. The fourth-order valence-electron chi connectivity index (χ4n) is 2.83. The monoisotopic (exact) mass is 295 g/mol. The van der Waals surface area contributed by atoms with Gasteiger partial charge >= 0.3 is 6.36 Å². The lowest BCUT2D eigenvalue weighted by molar-refractivity contribution is -0.274. The lowest BCUT2D eigenvalue weighted by Gasteiger charge is -2.24. The molecule has 1 aliphatic heterocycles. The summed E-state index contributed by atoms with van der Waals surface area (Å²) in [6, 6.07) is 2.61. The Hall–Kier alpha value is -1.66. The number of benzene rings is 1. The molecule has 0 saturated heterocycles. The maximum Gasteiger partial charge on any atom is 0.573 e. The molecule has 110 valence electrons. The van der Waals surface area contributed by atoms with E-state index < -0.39 is 18.0 Å². The van der Waals surface area contributed by atoms with Gasteiger partial charge in [-0.25, -0.2) is 0 Å². The third kappa shape index (κ3) is 2.73. The molecule has 0 N–H and O–H groups in total. The molecule has 1 atom stereocenters. The minimum absolute atomic E-state index is 0.0184. The number of alkyl halides is 3. The van der Waals surface area contributed by atoms with Crippen LogP contribution in [0.2, 0.25) is 0 Å². The summed E-state index contributed by atoms with van der Waals surface area (Å²) in [7, 11) is 5.61. The van der Waals surface area contributed by atoms with Crippen molar-refractivity contribution in [1.29, 1.82) is 0 Å². The van der Waals surface area contributed by atoms with Gasteiger partial charge in [-0.15, -0.1) is 13.2 Å². The van der Waals surface area contributed by atoms with Crippen LogP contribution in [-0.2, 0) is 6.54 Å². The topological polar surface area (TPSA) is 29.5 Å². The number of hydrogen-bond donors (Lipinski definition) is 0. The van der Waals surface area contributed by atoms with Crippen LogP contribution in [0.15, 0.2) is 12.1 Å². The molecular weight excluding hydrogens is 282 g/mol. The van der Waals surface area contributed by atoms with Gasteiger partial charge in [-0.2, -0.15) is 0 Å². The van der Waals surface area contributed by atoms with E-state index in [2.05, 4.69) is 4.74 Å². The summed E-state index contributed by atoms with van der Waals surface area (Å²) in [6.07, 6.45) is -2.75. The molecule has 1 amide bonds. The zero-order valence-corrected chi connectivity index (χ0v) is 11.4. The Bertz CT molecular complexity index is 599. The number of hydrogen-bond acceptors (Lipinski definition) is 2. The van der Waals surface area contributed by atoms with Crippen molar-refractivity contribution in [3.05, 3.63) is 23.3 Å². The number of fused-ring (bicyclic) bond motifs is 1. The number of rotatable bonds is 3. The number of halogens is 3. The first-order chi connectivity index (χ1) is 9.76. The second-order valence-corrected chi connectivity index (χ2v) is 5.61. The Kier molecular flexibility index (Phi) is 3.18. The molecule has 1 aromatic rings. The maximum absolute atomic E-state index is 12.5. The summed E-state index contributed by atoms with van der Waals surface area (Å²) in [6.45, 7) is 2.21. The van der Waals surface area contributed by atoms with Gasteiger partial charge in [0, 0.05) is 12.6 Å². The molecule has 1 aliphatic carbocycles. The molecule has 1 fully saturated rings. The molecule has 2 radical (unpaired) electrons. The molecule has 7 heteroatoms. The fourth-order valence-corrected chi connectivity index (χ4v) is 2.83. The Labute approximate surface area is 121 Å². The normalized spacial score (nSPS) is 19.6. The minimum atomic E-state index is -4.85. The first-order valence-electron chi connectivity index (χ1n) is 6.75. The molecule has 1 heterocycles. The molecule has 0 unspecified atom stereocenters. The van der Waals surface area contributed by atoms with Crippen LogP contribution in [-0.4, -0.2) is 31.1 Å². The van der Waals surface area contributed by atoms with Crippen molar-refractivity contribution in [2.75, 3.05) is 0 Å². The average Bonchev–Trinajstić information content (AvgIpc) is 3.11. The van der Waals surface area contributed by atoms with Crippen molar-refractivity contribution in [1.82, 2.24) is 4.90 Å². The highest BCUT2D eigenvalue weighted by atomic mass is 19.4. The highest BCUT2D eigenvalue weighted by Gasteiger charge is 2.41. The number of ether oxygens (including phenoxy) is 1. The van der Waals surface area contributed by atoms with Crippen LogP contribution in [0, 0.1) is 5.92 Å². The van der Waals surface area contributed by atoms with E-state index in [0.717, 1.165) is 18.9 Å². The first-order valence-corrected chi connectivity index (χ1v) is 6.75. The smallest absolute Gasteiger partial charge is 0.405 e. The molecule has 3 nitrogen and oxygen atoms in total. The summed E-state index contributed by atoms with van der Waals surface area (Å²) in [5.41, 5.74) is 0.627. The zero-order chi connectivity index (χ0) is 15.4. The summed E-state index contributed by atoms with van der Waals surface area (Å²) < 4.78 is 41.4. The molecule has 2 aliphatic rings. The lowest BCUT2D eigenvalue weighted by Crippen LogP contribution is -2.35. The van der Waals surface area contributed by atoms with Crippen LogP contribution in [0.3, 0.4) is 0 Å². The van der Waals surface area contributed by atoms with E-state index in [-0.39, 0.29) is 23.6 Å². The average molecular weight is 295 g/mol. The molecular formula is C14H13BF3NO2. The van der Waals surface area contributed by atoms with Crippen LogP contribution < -0.4 is 10.2 Å². The molecule has 21 heavy (non-hydrogen) atoms. The van der Waals surface area contributed by atoms with Gasteiger partial charge in [0.15, 0.2) is 0 Å². The summed E-state index contributed by atoms with van der Waals surface area (Å²) in [5.74, 6) is -0.482. The Morgan fingerprint density at radius 2 is 2.05 bits per heavy atom. The summed E-state index contributed by atoms with van der Waals surface area (Å²) in [5, 5.41) is 0. The van der Waals surface area contributed by atoms with E-state index in [1.807, 2.05) is 6.92 Å². The molecule has 0 bridgehead atoms. The van der Waals surface area contributed by atoms with E-state index in [1.165, 1.54) is 6.07 Å². The van der Waals surface area contributed by atoms with Crippen molar-refractivity contribution in [2.24, 2.45) is 5.92 Å². The summed E-state index contributed by atoms with van der Waals surface area (Å²) >= 11 is 0. The van der Waals surface area contributed by atoms with Crippen LogP contribution in [0.1, 0.15) is 35.7 Å². The van der Waals surface area contributed by atoms with Gasteiger partial charge in [0.05, 0.1) is 5.56 Å². The highest BCUT2D eigenvalue weighted by molar-refractivity contribution is 6.32. The predicted octanol–water partition coefficient (Wildman–Crippen LogP) is 2.13. The molecule has 3 rings (SSSR count). The highest BCUT2D eigenvalue weighted by Crippen LogP contribution is 2.40. The number of amides is 1. The maximum atomic E-state index is 12.5. The van der Waals surface area contributed by atoms with Crippen molar-refractivity contribution >= 4 is 19.2 Å². The summed E-state index contributed by atoms with van der Waals surface area (Å²) in [4.78, 5) is 14.0. The molecule has 1 aromatic carbocycles. The van der Waals surface area contributed by atoms with Crippen LogP contribution in [0.5, 0.6) is 5.75 Å². The van der Waals surface area contributed by atoms with Crippen LogP contribution in [0.25, 0.3) is 0 Å². The van der Waals surface area contributed by atoms with Gasteiger partial charge in [-0.1, -0.05) is 11.5 Å². The second kappa shape index (κ2) is 4.68. The van der Waals surface area contributed by atoms with Gasteiger partial charge < -0.3 is 9.64 Å². The fraction of sp³-hybridized carbons (Fsp3) is 0.500. The first kappa shape index (κ1) is 14.3. The Morgan fingerprint density at radius 3 is 2.62 bits per heavy atom. The molecule has 0 aromatic heterocycles. The van der Waals surface area contributed by atoms with Gasteiger partial charge in [0.25, 0.3) is 5.91 Å². The molecule has 0 spiro atoms. The van der Waals surface area contributed by atoms with Gasteiger partial charge in [0.2, 0.25) is 0 Å². The third-order valence-electron chi connectivity index (χ3n) is 4.04. The SMILES string of the molecule is [B]c1cc2c(c(OC(F)(F)F)c1)C(=O)N([C@@H](C)C1CC1)C2. The quantitative estimate of drug-likeness (QED) is 0.800. The molecule has 1 saturated carbocycles. The third-order valence-corrected chi connectivity index (χ3v) is 4.04. The largest absolute Gasteiger partial charge is 0.573 e. The van der Waals surface area contributed by atoms with Crippen molar-refractivity contribution in [2.45, 2.75) is 38.7 Å². The van der Waals surface area contributed by atoms with Crippen molar-refractivity contribution in [3.63, 3.8) is 0 Å². The van der Waals surface area contributed by atoms with Crippen molar-refractivity contribution in [3.8, 4) is 5.75 Å². The Morgan fingerprint density at radius 1 is 1.38 bits per heavy atom. The van der Waals surface area contributed by atoms with E-state index in [9.17, 15) is 18.0 Å². The second-order valence-electron chi connectivity index (χ2n) is 5.61. The van der Waals surface area contributed by atoms with Crippen molar-refractivity contribution < 1.29 is 22.7 Å². The van der Waals surface area contributed by atoms with E-state index in [0.29, 0.717) is 11.5 Å². The van der Waals surface area contributed by atoms with Gasteiger partial charge in [0.1, 0.15) is 13.6 Å². The Balaban J connectivity index is 1.96. The van der Waals surface area contributed by atoms with Crippen LogP contribution in [0.4, 0.5) is 13.2 Å². The zero-order valence-electron chi connectivity index (χ0n) is 11.4. The number of carbonyl (C=O) groups excluding carboxylic acids is 1. The van der Waals surface area contributed by atoms with E-state index in [4.69, 9.17) is 7.85 Å². The van der Waals surface area contributed by atoms with Gasteiger partial charge in [-0.05, 0) is 37.3 Å². The predicted molar refractivity (Wildman–Crippen MR) is 70.6 cm³/mol. The number of nitrogens with zero attached hydrogens (tertiary/aromatic N) is 1. The standard InChI is InChI=1S/C14H13BF3NO2/c1-7(8-2-3-8)19-6-9-4-10(15)5-11(12(9)13(19)20)21-14(16,17)18/h4-5,7-8H,2-3,6H2,1H3/t7-/m0/s1. The van der Waals surface area contributed by atoms with Crippen LogP contribution >= 0.6 is 0 Å².